The van der Waals surface area contributed by atoms with E-state index in [9.17, 15) is 9.59 Å². The molecule has 1 atom stereocenters. The summed E-state index contributed by atoms with van der Waals surface area (Å²) in [5.74, 6) is -0.922. The number of ether oxygens (including phenoxy) is 1. The topological polar surface area (TPSA) is 43.4 Å². The quantitative estimate of drug-likeness (QED) is 0.300. The highest BCUT2D eigenvalue weighted by atomic mass is 35.5. The van der Waals surface area contributed by atoms with Crippen LogP contribution < -0.4 is 0 Å². The van der Waals surface area contributed by atoms with E-state index < -0.39 is 10.8 Å². The van der Waals surface area contributed by atoms with Crippen LogP contribution in [0.15, 0.2) is 12.2 Å². The third-order valence-electron chi connectivity index (χ3n) is 2.63. The molecule has 0 aromatic heterocycles. The Morgan fingerprint density at radius 2 is 2.07 bits per heavy atom. The minimum Gasteiger partial charge on any atom is -0.467 e. The molecule has 0 radical (unpaired) electrons. The molecule has 0 spiro atoms. The molecule has 0 N–H and O–H groups in total. The third kappa shape index (κ3) is 2.59. The number of Topliss-reactive ketones (excluding diaryl/α,β-unsaturated/α-hetero) is 1. The van der Waals surface area contributed by atoms with Crippen molar-refractivity contribution in [1.82, 2.24) is 0 Å². The molecule has 1 aliphatic carbocycles. The van der Waals surface area contributed by atoms with Gasteiger partial charge in [-0.05, 0) is 19.3 Å². The van der Waals surface area contributed by atoms with Crippen LogP contribution in [0, 0.1) is 0 Å². The Morgan fingerprint density at radius 1 is 1.47 bits per heavy atom. The van der Waals surface area contributed by atoms with Crippen molar-refractivity contribution in [2.45, 2.75) is 37.0 Å². The summed E-state index contributed by atoms with van der Waals surface area (Å²) in [5.41, 5.74) is 0.837. The molecular weight excluding hydrogens is 216 g/mol. The minimum atomic E-state index is -1.54. The molecule has 4 heteroatoms. The van der Waals surface area contributed by atoms with E-state index in [-0.39, 0.29) is 12.2 Å². The Kier molecular flexibility index (Phi) is 3.91. The van der Waals surface area contributed by atoms with Gasteiger partial charge in [0.1, 0.15) is 0 Å². The average Bonchev–Trinajstić information content (AvgIpc) is 2.20. The maximum Gasteiger partial charge on any atom is 0.334 e. The number of rotatable bonds is 1. The molecule has 1 aliphatic rings. The largest absolute Gasteiger partial charge is 0.467 e. The van der Waals surface area contributed by atoms with E-state index in [0.29, 0.717) is 6.42 Å². The van der Waals surface area contributed by atoms with Crippen molar-refractivity contribution in [1.29, 1.82) is 0 Å². The molecule has 84 valence electrons. The van der Waals surface area contributed by atoms with Crippen molar-refractivity contribution in [3.8, 4) is 0 Å². The highest BCUT2D eigenvalue weighted by molar-refractivity contribution is 6.45. The Bertz CT molecular complexity index is 298. The van der Waals surface area contributed by atoms with E-state index >= 15 is 0 Å². The summed E-state index contributed by atoms with van der Waals surface area (Å²) in [4.78, 5) is 21.7. The Balaban J connectivity index is 2.93. The van der Waals surface area contributed by atoms with Gasteiger partial charge in [-0.15, -0.1) is 0 Å². The van der Waals surface area contributed by atoms with Gasteiger partial charge in [0.15, 0.2) is 5.78 Å². The number of ketones is 1. The van der Waals surface area contributed by atoms with Crippen LogP contribution in [0.4, 0.5) is 0 Å². The number of carbonyl (C=O) groups is 2. The van der Waals surface area contributed by atoms with Gasteiger partial charge in [0.2, 0.25) is 4.87 Å². The van der Waals surface area contributed by atoms with Gasteiger partial charge in [0.05, 0.1) is 7.11 Å². The van der Waals surface area contributed by atoms with Crippen molar-refractivity contribution in [3.63, 3.8) is 0 Å². The van der Waals surface area contributed by atoms with Crippen LogP contribution in [0.2, 0.25) is 0 Å². The number of carbonyl (C=O) groups excluding carboxylic acids is 2. The summed E-state index contributed by atoms with van der Waals surface area (Å²) in [6.45, 7) is 3.82. The molecule has 0 heterocycles. The number of esters is 1. The highest BCUT2D eigenvalue weighted by Gasteiger charge is 2.45. The Labute approximate surface area is 94.4 Å². The van der Waals surface area contributed by atoms with Gasteiger partial charge in [0, 0.05) is 12.8 Å². The summed E-state index contributed by atoms with van der Waals surface area (Å²) in [7, 11) is 1.24. The summed E-state index contributed by atoms with van der Waals surface area (Å²) < 4.78 is 4.57. The normalized spacial score (nSPS) is 28.1. The molecule has 1 rings (SSSR count). The van der Waals surface area contributed by atoms with Crippen molar-refractivity contribution < 1.29 is 14.3 Å². The van der Waals surface area contributed by atoms with E-state index in [1.165, 1.54) is 7.11 Å². The van der Waals surface area contributed by atoms with Crippen molar-refractivity contribution in [2.24, 2.45) is 0 Å². The fraction of sp³-hybridized carbons (Fsp3) is 0.636. The van der Waals surface area contributed by atoms with Gasteiger partial charge < -0.3 is 4.74 Å². The lowest BCUT2D eigenvalue weighted by atomic mass is 9.87. The first-order chi connectivity index (χ1) is 7.00. The Morgan fingerprint density at radius 3 is 2.67 bits per heavy atom. The van der Waals surface area contributed by atoms with Crippen LogP contribution in [-0.4, -0.2) is 23.7 Å². The number of halogens is 1. The van der Waals surface area contributed by atoms with Crippen LogP contribution in [0.3, 0.4) is 0 Å². The number of hydrogen-bond donors (Lipinski definition) is 0. The van der Waals surface area contributed by atoms with Gasteiger partial charge in [-0.2, -0.15) is 0 Å². The van der Waals surface area contributed by atoms with Crippen molar-refractivity contribution in [2.75, 3.05) is 7.11 Å². The molecule has 1 saturated carbocycles. The standard InChI is InChI=1S/C11H15ClO3/c1-8-5-3-4-6-9(13)11(12,7-8)10(14)15-2/h1,3-7H2,2H3. The second-order valence-electron chi connectivity index (χ2n) is 3.85. The zero-order chi connectivity index (χ0) is 11.5. The first-order valence-corrected chi connectivity index (χ1v) is 5.36. The molecule has 0 saturated heterocycles. The van der Waals surface area contributed by atoms with E-state index in [1.807, 2.05) is 0 Å². The highest BCUT2D eigenvalue weighted by Crippen LogP contribution is 2.32. The van der Waals surface area contributed by atoms with Crippen molar-refractivity contribution >= 4 is 23.4 Å². The maximum atomic E-state index is 11.8. The summed E-state index contributed by atoms with van der Waals surface area (Å²) in [5, 5.41) is 0. The fourth-order valence-electron chi connectivity index (χ4n) is 1.74. The monoisotopic (exact) mass is 230 g/mol. The van der Waals surface area contributed by atoms with Gasteiger partial charge in [-0.25, -0.2) is 4.79 Å². The van der Waals surface area contributed by atoms with E-state index in [2.05, 4.69) is 11.3 Å². The molecule has 0 aromatic rings. The van der Waals surface area contributed by atoms with Crippen molar-refractivity contribution in [3.05, 3.63) is 12.2 Å². The molecule has 1 unspecified atom stereocenters. The molecule has 0 bridgehead atoms. The maximum absolute atomic E-state index is 11.8. The fourth-order valence-corrected chi connectivity index (χ4v) is 2.10. The molecule has 0 aromatic carbocycles. The first-order valence-electron chi connectivity index (χ1n) is 4.98. The second kappa shape index (κ2) is 4.79. The summed E-state index contributed by atoms with van der Waals surface area (Å²) in [6, 6.07) is 0. The lowest BCUT2D eigenvalue weighted by Gasteiger charge is -2.25. The number of allylic oxidation sites excluding steroid dienone is 1. The smallest absolute Gasteiger partial charge is 0.334 e. The lowest BCUT2D eigenvalue weighted by Crippen LogP contribution is -2.43. The van der Waals surface area contributed by atoms with Crippen LogP contribution in [-0.2, 0) is 14.3 Å². The lowest BCUT2D eigenvalue weighted by molar-refractivity contribution is -0.147. The van der Waals surface area contributed by atoms with E-state index in [1.54, 1.807) is 0 Å². The van der Waals surface area contributed by atoms with Gasteiger partial charge >= 0.3 is 5.97 Å². The SMILES string of the molecule is C=C1CCCCC(=O)C(Cl)(C(=O)OC)C1. The average molecular weight is 231 g/mol. The second-order valence-corrected chi connectivity index (χ2v) is 4.50. The van der Waals surface area contributed by atoms with Crippen LogP contribution in [0.1, 0.15) is 32.1 Å². The minimum absolute atomic E-state index is 0.195. The Hall–Kier alpha value is -0.830. The van der Waals surface area contributed by atoms with Gasteiger partial charge in [-0.3, -0.25) is 4.79 Å². The molecule has 15 heavy (non-hydrogen) atoms. The van der Waals surface area contributed by atoms with Gasteiger partial charge in [-0.1, -0.05) is 23.8 Å². The van der Waals surface area contributed by atoms with Crippen LogP contribution >= 0.6 is 11.6 Å². The third-order valence-corrected chi connectivity index (χ3v) is 3.13. The number of alkyl halides is 1. The molecule has 1 fully saturated rings. The summed E-state index contributed by atoms with van der Waals surface area (Å²) in [6.07, 6.45) is 3.03. The number of methoxy groups -OCH3 is 1. The number of hydrogen-bond acceptors (Lipinski definition) is 3. The van der Waals surface area contributed by atoms with E-state index in [0.717, 1.165) is 24.8 Å². The van der Waals surface area contributed by atoms with Gasteiger partial charge in [0.25, 0.3) is 0 Å². The first kappa shape index (κ1) is 12.2. The molecular formula is C11H15ClO3. The predicted molar refractivity (Wildman–Crippen MR) is 57.8 cm³/mol. The summed E-state index contributed by atoms with van der Waals surface area (Å²) >= 11 is 6.06. The molecule has 3 nitrogen and oxygen atoms in total. The van der Waals surface area contributed by atoms with E-state index in [4.69, 9.17) is 11.6 Å². The van der Waals surface area contributed by atoms with Crippen LogP contribution in [0.5, 0.6) is 0 Å². The molecule has 0 aliphatic heterocycles. The zero-order valence-corrected chi connectivity index (χ0v) is 9.60. The van der Waals surface area contributed by atoms with Crippen LogP contribution in [0.25, 0.3) is 0 Å². The zero-order valence-electron chi connectivity index (χ0n) is 8.85. The molecule has 0 amide bonds. The predicted octanol–water partition coefficient (Wildman–Crippen LogP) is 2.23.